The number of ketones is 1. The van der Waals surface area contributed by atoms with E-state index in [9.17, 15) is 4.79 Å². The highest BCUT2D eigenvalue weighted by Gasteiger charge is 2.28. The van der Waals surface area contributed by atoms with Crippen molar-refractivity contribution in [3.05, 3.63) is 0 Å². The van der Waals surface area contributed by atoms with Crippen LogP contribution in [0.2, 0.25) is 0 Å². The molecule has 0 aliphatic carbocycles. The molecule has 0 aromatic heterocycles. The van der Waals surface area contributed by atoms with Crippen molar-refractivity contribution < 1.29 is 30.3 Å². The molecule has 0 heterocycles. The van der Waals surface area contributed by atoms with Crippen molar-refractivity contribution in [3.8, 4) is 0 Å². The molecule has 0 bridgehead atoms. The third-order valence-corrected chi connectivity index (χ3v) is 1.39. The van der Waals surface area contributed by atoms with Gasteiger partial charge in [0.1, 0.15) is 24.9 Å². The predicted molar refractivity (Wildman–Crippen MR) is 43.0 cm³/mol. The monoisotopic (exact) mass is 204 g/mol. The van der Waals surface area contributed by atoms with Crippen LogP contribution in [0.1, 0.15) is 0 Å². The maximum atomic E-state index is 10.5. The average molecular weight is 204 g/mol. The van der Waals surface area contributed by atoms with E-state index in [0.29, 0.717) is 0 Å². The summed E-state index contributed by atoms with van der Waals surface area (Å²) in [5.41, 5.74) is 0. The van der Waals surface area contributed by atoms with Gasteiger partial charge in [0.2, 0.25) is 0 Å². The fraction of sp³-hybridized carbons (Fsp3) is 0.833. The minimum Gasteiger partial charge on any atom is -0.394 e. The van der Waals surface area contributed by atoms with Crippen LogP contribution in [0, 0.1) is 0 Å². The predicted octanol–water partition coefficient (Wildman–Crippen LogP) is -3.76. The van der Waals surface area contributed by atoms with Gasteiger partial charge in [0.25, 0.3) is 0 Å². The summed E-state index contributed by atoms with van der Waals surface area (Å²) in [6.45, 7) is -1.69. The van der Waals surface area contributed by atoms with Gasteiger partial charge in [0, 0.05) is 23.1 Å². The summed E-state index contributed by atoms with van der Waals surface area (Å²) in [5.74, 6) is -1.00. The highest BCUT2D eigenvalue weighted by Crippen LogP contribution is 2.00. The molecule has 0 saturated heterocycles. The van der Waals surface area contributed by atoms with Crippen molar-refractivity contribution in [2.45, 2.75) is 18.3 Å². The summed E-state index contributed by atoms with van der Waals surface area (Å²) < 4.78 is 0. The Morgan fingerprint density at radius 1 is 1.15 bits per heavy atom. The van der Waals surface area contributed by atoms with Gasteiger partial charge in [-0.15, -0.1) is 0 Å². The Morgan fingerprint density at radius 3 is 1.92 bits per heavy atom. The van der Waals surface area contributed by atoms with Crippen LogP contribution >= 0.6 is 0 Å². The summed E-state index contributed by atoms with van der Waals surface area (Å²) >= 11 is 0. The number of aliphatic hydroxyl groups excluding tert-OH is 5. The molecule has 7 heteroatoms. The lowest BCUT2D eigenvalue weighted by molar-refractivity contribution is -0.142. The topological polar surface area (TPSA) is 118 Å². The minimum atomic E-state index is -1.86. The molecule has 6 nitrogen and oxygen atoms in total. The Hall–Kier alpha value is 0.236. The first-order valence-electron chi connectivity index (χ1n) is 3.33. The molecule has 0 amide bonds. The Bertz CT molecular complexity index is 152. The van der Waals surface area contributed by atoms with Crippen LogP contribution in [-0.2, 0) is 4.79 Å². The van der Waals surface area contributed by atoms with Crippen LogP contribution in [0.3, 0.4) is 0 Å². The number of carbonyl (C=O) groups excluding carboxylic acids is 1. The zero-order chi connectivity index (χ0) is 9.72. The molecule has 0 saturated carbocycles. The zero-order valence-electron chi connectivity index (χ0n) is 7.00. The molecular weight excluding hydrogens is 192 g/mol. The molecule has 0 aromatic rings. The van der Waals surface area contributed by atoms with E-state index in [1.807, 2.05) is 0 Å². The molecule has 0 aliphatic rings. The first-order chi connectivity index (χ1) is 5.54. The third-order valence-electron chi connectivity index (χ3n) is 1.39. The van der Waals surface area contributed by atoms with Crippen LogP contribution in [0.15, 0.2) is 0 Å². The third kappa shape index (κ3) is 4.86. The lowest BCUT2D eigenvalue weighted by Crippen LogP contribution is -2.44. The molecule has 0 spiro atoms. The van der Waals surface area contributed by atoms with E-state index in [-0.39, 0.29) is 23.1 Å². The maximum Gasteiger partial charge on any atom is 0.189 e. The Kier molecular flexibility index (Phi) is 9.20. The summed E-state index contributed by atoms with van der Waals surface area (Å²) in [5, 5.41) is 43.1. The maximum absolute atomic E-state index is 10.5. The van der Waals surface area contributed by atoms with E-state index in [1.165, 1.54) is 0 Å². The lowest BCUT2D eigenvalue weighted by atomic mass is 10.1. The standard InChI is InChI=1S/C6H12O6.Mg/c7-1-3(9)5(11)6(12)4(10)2-8;/h3,5-9,11-12H,1-2H2;/t3-,5-,6-;/m1./s1. The van der Waals surface area contributed by atoms with Crippen molar-refractivity contribution in [2.24, 2.45) is 0 Å². The second-order valence-electron chi connectivity index (χ2n) is 2.31. The van der Waals surface area contributed by atoms with Gasteiger partial charge in [0.05, 0.1) is 6.61 Å². The fourth-order valence-electron chi connectivity index (χ4n) is 0.602. The van der Waals surface area contributed by atoms with Gasteiger partial charge < -0.3 is 25.5 Å². The molecule has 13 heavy (non-hydrogen) atoms. The largest absolute Gasteiger partial charge is 0.394 e. The Balaban J connectivity index is 0. The molecule has 2 radical (unpaired) electrons. The Labute approximate surface area is 91.0 Å². The lowest BCUT2D eigenvalue weighted by Gasteiger charge is -2.19. The summed E-state index contributed by atoms with van der Waals surface area (Å²) in [6, 6.07) is 0. The van der Waals surface area contributed by atoms with Crippen molar-refractivity contribution in [1.82, 2.24) is 0 Å². The number of aliphatic hydroxyl groups is 5. The van der Waals surface area contributed by atoms with Crippen molar-refractivity contribution in [3.63, 3.8) is 0 Å². The van der Waals surface area contributed by atoms with Gasteiger partial charge in [-0.25, -0.2) is 0 Å². The average Bonchev–Trinajstić information content (AvgIpc) is 2.12. The van der Waals surface area contributed by atoms with Crippen LogP contribution in [0.4, 0.5) is 0 Å². The highest BCUT2D eigenvalue weighted by atomic mass is 24.3. The van der Waals surface area contributed by atoms with Gasteiger partial charge in [-0.1, -0.05) is 0 Å². The van der Waals surface area contributed by atoms with E-state index >= 15 is 0 Å². The van der Waals surface area contributed by atoms with Gasteiger partial charge in [-0.2, -0.15) is 0 Å². The molecule has 3 atom stereocenters. The van der Waals surface area contributed by atoms with Crippen LogP contribution in [0.5, 0.6) is 0 Å². The van der Waals surface area contributed by atoms with Crippen LogP contribution in [0.25, 0.3) is 0 Å². The first-order valence-corrected chi connectivity index (χ1v) is 3.33. The second kappa shape index (κ2) is 7.62. The molecule has 5 N–H and O–H groups in total. The molecule has 0 rings (SSSR count). The van der Waals surface area contributed by atoms with Gasteiger partial charge >= 0.3 is 0 Å². The van der Waals surface area contributed by atoms with Crippen molar-refractivity contribution >= 4 is 28.8 Å². The van der Waals surface area contributed by atoms with E-state index < -0.39 is 37.3 Å². The van der Waals surface area contributed by atoms with Crippen molar-refractivity contribution in [2.75, 3.05) is 13.2 Å². The van der Waals surface area contributed by atoms with E-state index in [1.54, 1.807) is 0 Å². The summed E-state index contributed by atoms with van der Waals surface area (Å²) in [6.07, 6.45) is -5.22. The molecule has 0 unspecified atom stereocenters. The smallest absolute Gasteiger partial charge is 0.189 e. The van der Waals surface area contributed by atoms with Gasteiger partial charge in [-0.05, 0) is 0 Å². The first kappa shape index (κ1) is 15.7. The van der Waals surface area contributed by atoms with Crippen LogP contribution < -0.4 is 0 Å². The molecule has 0 aromatic carbocycles. The number of Topliss-reactive ketones (excluding diaryl/α,β-unsaturated/α-hetero) is 1. The number of rotatable bonds is 5. The zero-order valence-corrected chi connectivity index (χ0v) is 8.41. The van der Waals surface area contributed by atoms with E-state index in [0.717, 1.165) is 0 Å². The molecule has 0 aliphatic heterocycles. The summed E-state index contributed by atoms with van der Waals surface area (Å²) in [7, 11) is 0. The number of carbonyl (C=O) groups is 1. The highest BCUT2D eigenvalue weighted by molar-refractivity contribution is 5.84. The molecule has 0 fully saturated rings. The van der Waals surface area contributed by atoms with E-state index in [4.69, 9.17) is 25.5 Å². The molecule has 74 valence electrons. The van der Waals surface area contributed by atoms with Gasteiger partial charge in [-0.3, -0.25) is 4.79 Å². The fourth-order valence-corrected chi connectivity index (χ4v) is 0.602. The second-order valence-corrected chi connectivity index (χ2v) is 2.31. The number of hydrogen-bond donors (Lipinski definition) is 5. The quantitative estimate of drug-likeness (QED) is 0.294. The van der Waals surface area contributed by atoms with Gasteiger partial charge in [0.15, 0.2) is 5.78 Å². The Morgan fingerprint density at radius 2 is 1.62 bits per heavy atom. The van der Waals surface area contributed by atoms with E-state index in [2.05, 4.69) is 0 Å². The van der Waals surface area contributed by atoms with Crippen LogP contribution in [-0.4, -0.2) is 85.9 Å². The minimum absolute atomic E-state index is 0. The number of hydrogen-bond acceptors (Lipinski definition) is 6. The molecular formula is C6H12MgO6. The van der Waals surface area contributed by atoms with Crippen molar-refractivity contribution in [1.29, 1.82) is 0 Å². The SMILES string of the molecule is O=C(CO)[C@@H](O)[C@H](O)[C@H](O)CO.[Mg]. The normalized spacial score (nSPS) is 17.0. The summed E-state index contributed by atoms with van der Waals surface area (Å²) in [4.78, 5) is 10.5.